The number of nitrogens with one attached hydrogen (secondary N) is 1. The van der Waals surface area contributed by atoms with E-state index >= 15 is 0 Å². The Morgan fingerprint density at radius 3 is 2.90 bits per heavy atom. The third-order valence-electron chi connectivity index (χ3n) is 3.19. The second kappa shape index (κ2) is 4.22. The van der Waals surface area contributed by atoms with Crippen molar-refractivity contribution >= 4 is 45.9 Å². The van der Waals surface area contributed by atoms with Gasteiger partial charge in [0.25, 0.3) is 0 Å². The van der Waals surface area contributed by atoms with Crippen LogP contribution < -0.4 is 11.1 Å². The van der Waals surface area contributed by atoms with Gasteiger partial charge in [0.05, 0.1) is 20.2 Å². The molecule has 5 nitrogen and oxygen atoms in total. The second-order valence-corrected chi connectivity index (χ2v) is 6.20. The number of guanidine groups is 1. The summed E-state index contributed by atoms with van der Waals surface area (Å²) in [5.74, 6) is 1.07. The Morgan fingerprint density at radius 2 is 2.10 bits per heavy atom. The van der Waals surface area contributed by atoms with Crippen molar-refractivity contribution in [2.24, 2.45) is 10.7 Å². The number of halogens is 1. The van der Waals surface area contributed by atoms with Crippen molar-refractivity contribution in [1.29, 1.82) is 0 Å². The van der Waals surface area contributed by atoms with Gasteiger partial charge in [0, 0.05) is 0 Å². The molecular formula is C13H10ClN5S. The van der Waals surface area contributed by atoms with Gasteiger partial charge in [-0.3, -0.25) is 9.88 Å². The quantitative estimate of drug-likeness (QED) is 0.726. The van der Waals surface area contributed by atoms with E-state index in [0.717, 1.165) is 20.2 Å². The fraction of sp³-hybridized carbons (Fsp3) is 0.0769. The van der Waals surface area contributed by atoms with E-state index < -0.39 is 0 Å². The van der Waals surface area contributed by atoms with E-state index in [-0.39, 0.29) is 6.17 Å². The van der Waals surface area contributed by atoms with Crippen LogP contribution in [0.5, 0.6) is 0 Å². The fourth-order valence-electron chi connectivity index (χ4n) is 2.37. The number of hydrogen-bond donors (Lipinski definition) is 2. The molecule has 0 saturated carbocycles. The maximum Gasteiger partial charge on any atom is 0.212 e. The van der Waals surface area contributed by atoms with Crippen LogP contribution in [-0.2, 0) is 0 Å². The molecule has 1 aliphatic rings. The highest BCUT2D eigenvalue weighted by molar-refractivity contribution is 7.16. The normalized spacial score (nSPS) is 17.6. The van der Waals surface area contributed by atoms with Gasteiger partial charge in [0.15, 0.2) is 12.1 Å². The predicted octanol–water partition coefficient (Wildman–Crippen LogP) is 3.04. The molecule has 7 heteroatoms. The van der Waals surface area contributed by atoms with E-state index in [2.05, 4.69) is 15.3 Å². The summed E-state index contributed by atoms with van der Waals surface area (Å²) in [6.45, 7) is 0. The second-order valence-electron chi connectivity index (χ2n) is 4.45. The molecule has 4 rings (SSSR count). The summed E-state index contributed by atoms with van der Waals surface area (Å²) in [5.41, 5.74) is 7.79. The molecule has 3 aromatic rings. The summed E-state index contributed by atoms with van der Waals surface area (Å²) >= 11 is 7.53. The first-order valence-corrected chi connectivity index (χ1v) is 7.24. The monoisotopic (exact) mass is 303 g/mol. The number of aliphatic imine (C=N–C) groups is 1. The zero-order valence-electron chi connectivity index (χ0n) is 10.2. The molecule has 0 saturated heterocycles. The molecule has 3 N–H and O–H groups in total. The first kappa shape index (κ1) is 11.7. The van der Waals surface area contributed by atoms with Gasteiger partial charge in [-0.2, -0.15) is 0 Å². The van der Waals surface area contributed by atoms with E-state index in [9.17, 15) is 0 Å². The van der Waals surface area contributed by atoms with Crippen LogP contribution in [0.3, 0.4) is 0 Å². The number of benzene rings is 1. The molecule has 0 radical (unpaired) electrons. The molecule has 3 heterocycles. The van der Waals surface area contributed by atoms with E-state index in [1.54, 1.807) is 0 Å². The van der Waals surface area contributed by atoms with E-state index in [1.807, 2.05) is 41.0 Å². The number of imidazole rings is 1. The third kappa shape index (κ3) is 1.69. The van der Waals surface area contributed by atoms with Crippen molar-refractivity contribution in [3.63, 3.8) is 0 Å². The largest absolute Gasteiger partial charge is 0.370 e. The first-order valence-electron chi connectivity index (χ1n) is 6.05. The lowest BCUT2D eigenvalue weighted by Crippen LogP contribution is -2.31. The minimum atomic E-state index is -0.226. The first-order chi connectivity index (χ1) is 9.72. The highest BCUT2D eigenvalue weighted by Gasteiger charge is 2.25. The Morgan fingerprint density at radius 1 is 1.25 bits per heavy atom. The smallest absolute Gasteiger partial charge is 0.212 e. The molecule has 0 unspecified atom stereocenters. The molecule has 0 bridgehead atoms. The zero-order valence-corrected chi connectivity index (χ0v) is 11.8. The lowest BCUT2D eigenvalue weighted by Gasteiger charge is -2.22. The number of thiophene rings is 1. The van der Waals surface area contributed by atoms with E-state index in [1.165, 1.54) is 11.3 Å². The van der Waals surface area contributed by atoms with Crippen LogP contribution in [0.2, 0.25) is 4.34 Å². The number of para-hydroxylation sites is 2. The third-order valence-corrected chi connectivity index (χ3v) is 4.46. The molecule has 1 aromatic carbocycles. The van der Waals surface area contributed by atoms with Gasteiger partial charge in [-0.15, -0.1) is 11.3 Å². The Labute approximate surface area is 123 Å². The van der Waals surface area contributed by atoms with Gasteiger partial charge in [-0.25, -0.2) is 9.98 Å². The lowest BCUT2D eigenvalue weighted by atomic mass is 10.3. The van der Waals surface area contributed by atoms with Gasteiger partial charge in [-0.05, 0) is 24.3 Å². The van der Waals surface area contributed by atoms with E-state index in [0.29, 0.717) is 11.9 Å². The summed E-state index contributed by atoms with van der Waals surface area (Å²) in [6, 6.07) is 11.8. The maximum absolute atomic E-state index is 6.03. The summed E-state index contributed by atoms with van der Waals surface area (Å²) in [4.78, 5) is 10.1. The van der Waals surface area contributed by atoms with Crippen LogP contribution in [0.15, 0.2) is 41.4 Å². The summed E-state index contributed by atoms with van der Waals surface area (Å²) in [7, 11) is 0. The standard InChI is InChI=1S/C13H10ClN5S/c14-10-6-5-9(20-10)11-17-12(15)18-13-16-7-3-1-2-4-8(7)19(11)13/h1-6,11H,(H3,15,16,17,18)/t11-/m1/s1. The van der Waals surface area contributed by atoms with Gasteiger partial charge >= 0.3 is 0 Å². The van der Waals surface area contributed by atoms with Crippen LogP contribution >= 0.6 is 22.9 Å². The van der Waals surface area contributed by atoms with Crippen molar-refractivity contribution in [3.8, 4) is 0 Å². The van der Waals surface area contributed by atoms with Crippen molar-refractivity contribution in [2.45, 2.75) is 6.17 Å². The molecule has 20 heavy (non-hydrogen) atoms. The molecule has 0 aliphatic carbocycles. The molecule has 0 spiro atoms. The number of nitrogens with two attached hydrogens (primary N) is 1. The number of rotatable bonds is 1. The fourth-order valence-corrected chi connectivity index (χ4v) is 3.47. The van der Waals surface area contributed by atoms with Gasteiger partial charge < -0.3 is 5.73 Å². The summed E-state index contributed by atoms with van der Waals surface area (Å²) in [6.07, 6.45) is -0.226. The molecule has 0 amide bonds. The molecule has 0 fully saturated rings. The topological polar surface area (TPSA) is 68.2 Å². The lowest BCUT2D eigenvalue weighted by molar-refractivity contribution is 0.637. The minimum Gasteiger partial charge on any atom is -0.370 e. The van der Waals surface area contributed by atoms with Gasteiger partial charge in [0.2, 0.25) is 5.95 Å². The Balaban J connectivity index is 1.98. The van der Waals surface area contributed by atoms with Crippen LogP contribution in [0.4, 0.5) is 5.95 Å². The van der Waals surface area contributed by atoms with Crippen LogP contribution in [-0.4, -0.2) is 15.5 Å². The SMILES string of the molecule is NC1=N[C@@H](c2ccc(Cl)s2)n2c(nc3ccccc32)N1. The Bertz CT molecular complexity index is 834. The van der Waals surface area contributed by atoms with Crippen LogP contribution in [0.1, 0.15) is 11.0 Å². The minimum absolute atomic E-state index is 0.226. The average Bonchev–Trinajstić information content (AvgIpc) is 3.00. The highest BCUT2D eigenvalue weighted by Crippen LogP contribution is 2.36. The van der Waals surface area contributed by atoms with Gasteiger partial charge in [-0.1, -0.05) is 23.7 Å². The number of nitrogens with zero attached hydrogens (tertiary/aromatic N) is 3. The molecule has 1 aliphatic heterocycles. The van der Waals surface area contributed by atoms with E-state index in [4.69, 9.17) is 17.3 Å². The Kier molecular flexibility index (Phi) is 2.48. The Hall–Kier alpha value is -2.05. The summed E-state index contributed by atoms with van der Waals surface area (Å²) in [5, 5.41) is 3.01. The molecule has 2 aromatic heterocycles. The number of hydrogen-bond acceptors (Lipinski definition) is 5. The van der Waals surface area contributed by atoms with Crippen molar-refractivity contribution in [1.82, 2.24) is 9.55 Å². The highest BCUT2D eigenvalue weighted by atomic mass is 35.5. The number of fused-ring (bicyclic) bond motifs is 3. The summed E-state index contributed by atoms with van der Waals surface area (Å²) < 4.78 is 2.77. The maximum atomic E-state index is 6.03. The van der Waals surface area contributed by atoms with Crippen LogP contribution in [0, 0.1) is 0 Å². The van der Waals surface area contributed by atoms with Crippen molar-refractivity contribution < 1.29 is 0 Å². The van der Waals surface area contributed by atoms with Crippen molar-refractivity contribution in [2.75, 3.05) is 5.32 Å². The number of anilines is 1. The molecule has 100 valence electrons. The molecule has 1 atom stereocenters. The van der Waals surface area contributed by atoms with Crippen LogP contribution in [0.25, 0.3) is 11.0 Å². The average molecular weight is 304 g/mol. The predicted molar refractivity (Wildman–Crippen MR) is 82.4 cm³/mol. The number of aromatic nitrogens is 2. The molecular weight excluding hydrogens is 294 g/mol. The zero-order chi connectivity index (χ0) is 13.7. The van der Waals surface area contributed by atoms with Gasteiger partial charge in [0.1, 0.15) is 0 Å². The van der Waals surface area contributed by atoms with Crippen molar-refractivity contribution in [3.05, 3.63) is 45.6 Å².